The van der Waals surface area contributed by atoms with E-state index in [0.717, 1.165) is 5.56 Å². The number of rotatable bonds is 5. The van der Waals surface area contributed by atoms with E-state index in [1.54, 1.807) is 32.2 Å². The molecule has 6 nitrogen and oxygen atoms in total. The maximum Gasteiger partial charge on any atom is 0.236 e. The molecule has 1 aliphatic heterocycles. The molecule has 3 N–H and O–H groups in total. The van der Waals surface area contributed by atoms with Crippen LogP contribution in [0.5, 0.6) is 11.5 Å². The molecule has 1 amide bonds. The summed E-state index contributed by atoms with van der Waals surface area (Å²) in [6.07, 6.45) is -0.707. The molecule has 1 heterocycles. The minimum absolute atomic E-state index is 0.113. The molecule has 2 atom stereocenters. The SMILES string of the molecule is CNC(=O)C(C)NCC(O)c1ccc2c(c1)OCO2. The minimum Gasteiger partial charge on any atom is -0.454 e. The molecule has 0 radical (unpaired) electrons. The molecule has 6 heteroatoms. The highest BCUT2D eigenvalue weighted by atomic mass is 16.7. The third-order valence-electron chi connectivity index (χ3n) is 3.04. The number of fused-ring (bicyclic) bond motifs is 1. The van der Waals surface area contributed by atoms with Crippen LogP contribution in [0.15, 0.2) is 18.2 Å². The van der Waals surface area contributed by atoms with Gasteiger partial charge in [-0.05, 0) is 24.6 Å². The fourth-order valence-electron chi connectivity index (χ4n) is 1.84. The van der Waals surface area contributed by atoms with Gasteiger partial charge in [-0.2, -0.15) is 0 Å². The van der Waals surface area contributed by atoms with Crippen molar-refractivity contribution in [3.8, 4) is 11.5 Å². The normalized spacial score (nSPS) is 15.9. The van der Waals surface area contributed by atoms with E-state index in [2.05, 4.69) is 10.6 Å². The largest absolute Gasteiger partial charge is 0.454 e. The molecular weight excluding hydrogens is 248 g/mol. The molecule has 0 aromatic heterocycles. The summed E-state index contributed by atoms with van der Waals surface area (Å²) in [4.78, 5) is 11.3. The van der Waals surface area contributed by atoms with E-state index < -0.39 is 6.10 Å². The highest BCUT2D eigenvalue weighted by molar-refractivity contribution is 5.80. The van der Waals surface area contributed by atoms with Crippen molar-refractivity contribution < 1.29 is 19.4 Å². The Bertz CT molecular complexity index is 464. The average molecular weight is 266 g/mol. The van der Waals surface area contributed by atoms with Gasteiger partial charge in [0.1, 0.15) is 0 Å². The second-order valence-electron chi connectivity index (χ2n) is 4.37. The van der Waals surface area contributed by atoms with Crippen molar-refractivity contribution in [2.24, 2.45) is 0 Å². The van der Waals surface area contributed by atoms with Gasteiger partial charge in [-0.15, -0.1) is 0 Å². The summed E-state index contributed by atoms with van der Waals surface area (Å²) in [5.41, 5.74) is 0.723. The molecule has 1 aliphatic rings. The molecule has 0 saturated heterocycles. The summed E-state index contributed by atoms with van der Waals surface area (Å²) < 4.78 is 10.5. The highest BCUT2D eigenvalue weighted by Crippen LogP contribution is 2.34. The van der Waals surface area contributed by atoms with Crippen LogP contribution in [0.1, 0.15) is 18.6 Å². The van der Waals surface area contributed by atoms with Crippen LogP contribution in [0, 0.1) is 0 Å². The summed E-state index contributed by atoms with van der Waals surface area (Å²) in [5, 5.41) is 15.6. The highest BCUT2D eigenvalue weighted by Gasteiger charge is 2.18. The van der Waals surface area contributed by atoms with Crippen LogP contribution < -0.4 is 20.1 Å². The van der Waals surface area contributed by atoms with Crippen LogP contribution in [0.4, 0.5) is 0 Å². The fraction of sp³-hybridized carbons (Fsp3) is 0.462. The van der Waals surface area contributed by atoms with Crippen molar-refractivity contribution in [3.63, 3.8) is 0 Å². The van der Waals surface area contributed by atoms with Gasteiger partial charge in [-0.25, -0.2) is 0 Å². The molecule has 19 heavy (non-hydrogen) atoms. The molecule has 2 rings (SSSR count). The smallest absolute Gasteiger partial charge is 0.236 e. The van der Waals surface area contributed by atoms with Gasteiger partial charge in [0.2, 0.25) is 12.7 Å². The van der Waals surface area contributed by atoms with Crippen molar-refractivity contribution >= 4 is 5.91 Å². The Morgan fingerprint density at radius 3 is 2.89 bits per heavy atom. The Hall–Kier alpha value is -1.79. The molecule has 0 fully saturated rings. The molecule has 104 valence electrons. The van der Waals surface area contributed by atoms with Gasteiger partial charge >= 0.3 is 0 Å². The number of likely N-dealkylation sites (N-methyl/N-ethyl adjacent to an activating group) is 1. The van der Waals surface area contributed by atoms with Gasteiger partial charge < -0.3 is 25.2 Å². The zero-order valence-corrected chi connectivity index (χ0v) is 11.0. The zero-order chi connectivity index (χ0) is 13.8. The lowest BCUT2D eigenvalue weighted by Gasteiger charge is -2.16. The first kappa shape index (κ1) is 13.6. The fourth-order valence-corrected chi connectivity index (χ4v) is 1.84. The van der Waals surface area contributed by atoms with Crippen LogP contribution in [-0.4, -0.2) is 37.4 Å². The monoisotopic (exact) mass is 266 g/mol. The van der Waals surface area contributed by atoms with Gasteiger partial charge in [-0.3, -0.25) is 4.79 Å². The Balaban J connectivity index is 1.93. The van der Waals surface area contributed by atoms with Crippen LogP contribution >= 0.6 is 0 Å². The van der Waals surface area contributed by atoms with Gasteiger partial charge in [0.25, 0.3) is 0 Å². The van der Waals surface area contributed by atoms with E-state index >= 15 is 0 Å². The van der Waals surface area contributed by atoms with Crippen molar-refractivity contribution in [2.45, 2.75) is 19.1 Å². The number of hydrogen-bond donors (Lipinski definition) is 3. The van der Waals surface area contributed by atoms with E-state index in [9.17, 15) is 9.90 Å². The van der Waals surface area contributed by atoms with Crippen LogP contribution in [0.25, 0.3) is 0 Å². The Kier molecular flexibility index (Phi) is 4.24. The molecule has 1 aromatic rings. The minimum atomic E-state index is -0.707. The quantitative estimate of drug-likeness (QED) is 0.708. The number of aliphatic hydroxyl groups excluding tert-OH is 1. The van der Waals surface area contributed by atoms with Gasteiger partial charge in [0.05, 0.1) is 12.1 Å². The summed E-state index contributed by atoms with van der Waals surface area (Å²) >= 11 is 0. The first-order chi connectivity index (χ1) is 9.11. The molecule has 0 spiro atoms. The first-order valence-electron chi connectivity index (χ1n) is 6.14. The number of amides is 1. The Labute approximate surface area is 111 Å². The first-order valence-corrected chi connectivity index (χ1v) is 6.14. The van der Waals surface area contributed by atoms with E-state index in [1.807, 2.05) is 0 Å². The molecule has 2 unspecified atom stereocenters. The number of benzene rings is 1. The summed E-state index contributed by atoms with van der Waals surface area (Å²) in [6.45, 7) is 2.24. The summed E-state index contributed by atoms with van der Waals surface area (Å²) in [7, 11) is 1.58. The topological polar surface area (TPSA) is 79.8 Å². The lowest BCUT2D eigenvalue weighted by atomic mass is 10.1. The van der Waals surface area contributed by atoms with Gasteiger partial charge in [0, 0.05) is 13.6 Å². The molecule has 0 aliphatic carbocycles. The Morgan fingerprint density at radius 1 is 1.42 bits per heavy atom. The van der Waals surface area contributed by atoms with Crippen molar-refractivity contribution in [2.75, 3.05) is 20.4 Å². The molecule has 0 bridgehead atoms. The maximum absolute atomic E-state index is 11.3. The van der Waals surface area contributed by atoms with E-state index in [1.165, 1.54) is 0 Å². The van der Waals surface area contributed by atoms with Crippen LogP contribution in [-0.2, 0) is 4.79 Å². The number of aliphatic hydroxyl groups is 1. The predicted octanol–water partition coefficient (Wildman–Crippen LogP) is 0.173. The third-order valence-corrected chi connectivity index (χ3v) is 3.04. The third kappa shape index (κ3) is 3.15. The standard InChI is InChI=1S/C13H18N2O4/c1-8(13(17)14-2)15-6-10(16)9-3-4-11-12(5-9)19-7-18-11/h3-5,8,10,15-16H,6-7H2,1-2H3,(H,14,17). The summed E-state index contributed by atoms with van der Waals surface area (Å²) in [6, 6.07) is 4.95. The number of carbonyl (C=O) groups excluding carboxylic acids is 1. The maximum atomic E-state index is 11.3. The molecule has 1 aromatic carbocycles. The van der Waals surface area contributed by atoms with E-state index in [0.29, 0.717) is 11.5 Å². The van der Waals surface area contributed by atoms with Crippen LogP contribution in [0.2, 0.25) is 0 Å². The Morgan fingerprint density at radius 2 is 2.16 bits per heavy atom. The van der Waals surface area contributed by atoms with E-state index in [-0.39, 0.29) is 25.3 Å². The number of hydrogen-bond acceptors (Lipinski definition) is 5. The average Bonchev–Trinajstić information content (AvgIpc) is 2.90. The lowest BCUT2D eigenvalue weighted by molar-refractivity contribution is -0.122. The number of ether oxygens (including phenoxy) is 2. The summed E-state index contributed by atoms with van der Waals surface area (Å²) in [5.74, 6) is 1.21. The van der Waals surface area contributed by atoms with Crippen molar-refractivity contribution in [1.82, 2.24) is 10.6 Å². The van der Waals surface area contributed by atoms with Gasteiger partial charge in [-0.1, -0.05) is 6.07 Å². The second kappa shape index (κ2) is 5.90. The van der Waals surface area contributed by atoms with Crippen molar-refractivity contribution in [3.05, 3.63) is 23.8 Å². The number of nitrogens with one attached hydrogen (secondary N) is 2. The van der Waals surface area contributed by atoms with Gasteiger partial charge in [0.15, 0.2) is 11.5 Å². The molecule has 0 saturated carbocycles. The van der Waals surface area contributed by atoms with Crippen molar-refractivity contribution in [1.29, 1.82) is 0 Å². The van der Waals surface area contributed by atoms with E-state index in [4.69, 9.17) is 9.47 Å². The predicted molar refractivity (Wildman–Crippen MR) is 69.1 cm³/mol. The van der Waals surface area contributed by atoms with Crippen LogP contribution in [0.3, 0.4) is 0 Å². The number of carbonyl (C=O) groups is 1. The lowest BCUT2D eigenvalue weighted by Crippen LogP contribution is -2.42. The zero-order valence-electron chi connectivity index (χ0n) is 11.0. The molecular formula is C13H18N2O4. The second-order valence-corrected chi connectivity index (χ2v) is 4.37.